The summed E-state index contributed by atoms with van der Waals surface area (Å²) in [5.41, 5.74) is 2.55. The number of fused-ring (bicyclic) bond motifs is 1. The Morgan fingerprint density at radius 2 is 1.85 bits per heavy atom. The number of aliphatic hydroxyl groups excluding tert-OH is 1. The molecule has 0 saturated heterocycles. The van der Waals surface area contributed by atoms with Crippen LogP contribution in [0.2, 0.25) is 5.02 Å². The average Bonchev–Trinajstić information content (AvgIpc) is 2.66. The zero-order valence-corrected chi connectivity index (χ0v) is 16.1. The molecule has 7 heteroatoms. The van der Waals surface area contributed by atoms with Crippen molar-refractivity contribution in [2.24, 2.45) is 0 Å². The number of halogens is 1. The van der Waals surface area contributed by atoms with E-state index in [1.165, 1.54) is 0 Å². The van der Waals surface area contributed by atoms with E-state index in [0.29, 0.717) is 36.2 Å². The highest BCUT2D eigenvalue weighted by Gasteiger charge is 2.30. The Hall–Kier alpha value is -2.28. The Bertz CT molecular complexity index is 810. The summed E-state index contributed by atoms with van der Waals surface area (Å²) < 4.78 is 10.8. The maximum absolute atomic E-state index is 12.3. The number of hydrogen-bond acceptors (Lipinski definition) is 5. The van der Waals surface area contributed by atoms with Crippen LogP contribution < -0.4 is 14.8 Å². The van der Waals surface area contributed by atoms with E-state index in [1.807, 2.05) is 23.1 Å². The number of hydrogen-bond donors (Lipinski definition) is 2. The second-order valence-corrected chi connectivity index (χ2v) is 6.89. The molecule has 3 rings (SSSR count). The lowest BCUT2D eigenvalue weighted by molar-refractivity contribution is -0.123. The first-order valence-electron chi connectivity index (χ1n) is 8.67. The van der Waals surface area contributed by atoms with Gasteiger partial charge in [-0.3, -0.25) is 9.69 Å². The van der Waals surface area contributed by atoms with Crippen molar-refractivity contribution >= 4 is 17.5 Å². The van der Waals surface area contributed by atoms with Crippen molar-refractivity contribution in [2.45, 2.75) is 19.2 Å². The topological polar surface area (TPSA) is 71.0 Å². The largest absolute Gasteiger partial charge is 0.496 e. The van der Waals surface area contributed by atoms with Gasteiger partial charge in [0, 0.05) is 35.8 Å². The van der Waals surface area contributed by atoms with Crippen LogP contribution in [0.5, 0.6) is 11.5 Å². The highest BCUT2D eigenvalue weighted by Crippen LogP contribution is 2.39. The minimum absolute atomic E-state index is 0.109. The van der Waals surface area contributed by atoms with Gasteiger partial charge in [-0.1, -0.05) is 23.7 Å². The third-order valence-electron chi connectivity index (χ3n) is 4.63. The molecular weight excluding hydrogens is 368 g/mol. The predicted molar refractivity (Wildman–Crippen MR) is 103 cm³/mol. The van der Waals surface area contributed by atoms with E-state index in [9.17, 15) is 9.90 Å². The molecule has 0 spiro atoms. The number of methoxy groups -OCH3 is 2. The summed E-state index contributed by atoms with van der Waals surface area (Å²) in [6, 6.07) is 10.9. The first kappa shape index (κ1) is 19.5. The van der Waals surface area contributed by atoms with Crippen LogP contribution in [0, 0.1) is 0 Å². The summed E-state index contributed by atoms with van der Waals surface area (Å²) in [4.78, 5) is 14.2. The van der Waals surface area contributed by atoms with Gasteiger partial charge in [0.2, 0.25) is 5.91 Å². The lowest BCUT2D eigenvalue weighted by Gasteiger charge is -2.33. The number of amides is 1. The van der Waals surface area contributed by atoms with Gasteiger partial charge < -0.3 is 19.9 Å². The van der Waals surface area contributed by atoms with Crippen LogP contribution in [0.15, 0.2) is 36.4 Å². The fraction of sp³-hybridized carbons (Fsp3) is 0.350. The molecule has 0 aliphatic carbocycles. The molecule has 1 heterocycles. The molecule has 1 aliphatic heterocycles. The molecular formula is C20H23ClN2O4. The normalized spacial score (nSPS) is 16.5. The maximum atomic E-state index is 12.3. The number of ether oxygens (including phenoxy) is 2. The smallest absolute Gasteiger partial charge is 0.234 e. The van der Waals surface area contributed by atoms with Crippen LogP contribution in [0.25, 0.3) is 0 Å². The molecule has 144 valence electrons. The van der Waals surface area contributed by atoms with Crippen LogP contribution in [0.4, 0.5) is 0 Å². The number of rotatable bonds is 6. The van der Waals surface area contributed by atoms with Crippen LogP contribution in [0.1, 0.15) is 22.8 Å². The first-order chi connectivity index (χ1) is 13.0. The van der Waals surface area contributed by atoms with E-state index in [4.69, 9.17) is 21.1 Å². The zero-order chi connectivity index (χ0) is 19.4. The molecule has 2 N–H and O–H groups in total. The lowest BCUT2D eigenvalue weighted by atomic mass is 9.95. The third-order valence-corrected chi connectivity index (χ3v) is 4.88. The van der Waals surface area contributed by atoms with Crippen molar-refractivity contribution in [2.75, 3.05) is 27.3 Å². The molecule has 27 heavy (non-hydrogen) atoms. The molecule has 2 aromatic carbocycles. The number of nitrogens with one attached hydrogen (secondary N) is 1. The van der Waals surface area contributed by atoms with E-state index in [1.54, 1.807) is 32.4 Å². The Morgan fingerprint density at radius 3 is 2.52 bits per heavy atom. The van der Waals surface area contributed by atoms with E-state index < -0.39 is 6.10 Å². The number of benzene rings is 2. The molecule has 1 atom stereocenters. The van der Waals surface area contributed by atoms with Crippen molar-refractivity contribution in [3.8, 4) is 11.5 Å². The number of carbonyl (C=O) groups excluding carboxylic acids is 1. The second kappa shape index (κ2) is 8.61. The summed E-state index contributed by atoms with van der Waals surface area (Å²) >= 11 is 5.87. The van der Waals surface area contributed by atoms with Crippen LogP contribution in [-0.4, -0.2) is 43.2 Å². The molecule has 2 aromatic rings. The minimum Gasteiger partial charge on any atom is -0.496 e. The van der Waals surface area contributed by atoms with E-state index >= 15 is 0 Å². The SMILES string of the molecule is COc1ccc(OC)c2c1CN(CC(=O)NCc1ccc(Cl)cc1)C[C@H]2O. The van der Waals surface area contributed by atoms with Gasteiger partial charge >= 0.3 is 0 Å². The molecule has 1 aliphatic rings. The van der Waals surface area contributed by atoms with Crippen molar-refractivity contribution in [1.82, 2.24) is 10.2 Å². The molecule has 6 nitrogen and oxygen atoms in total. The quantitative estimate of drug-likeness (QED) is 0.793. The first-order valence-corrected chi connectivity index (χ1v) is 9.05. The van der Waals surface area contributed by atoms with Gasteiger partial charge in [-0.05, 0) is 29.8 Å². The zero-order valence-electron chi connectivity index (χ0n) is 15.4. The van der Waals surface area contributed by atoms with E-state index in [-0.39, 0.29) is 12.5 Å². The predicted octanol–water partition coefficient (Wildman–Crippen LogP) is 2.52. The Balaban J connectivity index is 1.65. The molecule has 0 fully saturated rings. The monoisotopic (exact) mass is 390 g/mol. The van der Waals surface area contributed by atoms with Gasteiger partial charge in [0.15, 0.2) is 0 Å². The van der Waals surface area contributed by atoms with Crippen molar-refractivity contribution < 1.29 is 19.4 Å². The van der Waals surface area contributed by atoms with Gasteiger partial charge in [-0.15, -0.1) is 0 Å². The second-order valence-electron chi connectivity index (χ2n) is 6.45. The van der Waals surface area contributed by atoms with Crippen molar-refractivity contribution in [1.29, 1.82) is 0 Å². The highest BCUT2D eigenvalue weighted by atomic mass is 35.5. The van der Waals surface area contributed by atoms with E-state index in [2.05, 4.69) is 5.32 Å². The maximum Gasteiger partial charge on any atom is 0.234 e. The van der Waals surface area contributed by atoms with Gasteiger partial charge in [-0.2, -0.15) is 0 Å². The lowest BCUT2D eigenvalue weighted by Crippen LogP contribution is -2.41. The standard InChI is InChI=1S/C20H23ClN2O4/c1-26-17-7-8-18(27-2)20-15(17)10-23(11-16(20)24)12-19(25)22-9-13-3-5-14(21)6-4-13/h3-8,16,24H,9-12H2,1-2H3,(H,22,25)/t16-/m1/s1. The van der Waals surface area contributed by atoms with Crippen LogP contribution in [0.3, 0.4) is 0 Å². The Labute approximate surface area is 163 Å². The minimum atomic E-state index is -0.747. The molecule has 0 saturated carbocycles. The molecule has 1 amide bonds. The van der Waals surface area contributed by atoms with Gasteiger partial charge in [0.1, 0.15) is 11.5 Å². The fourth-order valence-electron chi connectivity index (χ4n) is 3.33. The van der Waals surface area contributed by atoms with Crippen LogP contribution in [-0.2, 0) is 17.9 Å². The summed E-state index contributed by atoms with van der Waals surface area (Å²) in [5.74, 6) is 1.20. The van der Waals surface area contributed by atoms with Crippen molar-refractivity contribution in [3.63, 3.8) is 0 Å². The summed E-state index contributed by atoms with van der Waals surface area (Å²) in [6.45, 7) is 1.47. The Kier molecular flexibility index (Phi) is 6.21. The number of carbonyl (C=O) groups is 1. The number of β-amino-alcohol motifs (C(OH)–C–C–N with tert-alkyl or cyclic N) is 1. The fourth-order valence-corrected chi connectivity index (χ4v) is 3.45. The third kappa shape index (κ3) is 4.53. The number of nitrogens with zero attached hydrogens (tertiary/aromatic N) is 1. The molecule has 0 aromatic heterocycles. The van der Waals surface area contributed by atoms with Gasteiger partial charge in [-0.25, -0.2) is 0 Å². The van der Waals surface area contributed by atoms with Gasteiger partial charge in [0.25, 0.3) is 0 Å². The summed E-state index contributed by atoms with van der Waals surface area (Å²) in [6.07, 6.45) is -0.747. The Morgan fingerprint density at radius 1 is 1.19 bits per heavy atom. The van der Waals surface area contributed by atoms with E-state index in [0.717, 1.165) is 16.7 Å². The summed E-state index contributed by atoms with van der Waals surface area (Å²) in [7, 11) is 3.16. The summed E-state index contributed by atoms with van der Waals surface area (Å²) in [5, 5.41) is 14.1. The number of aliphatic hydroxyl groups is 1. The molecule has 0 bridgehead atoms. The van der Waals surface area contributed by atoms with Gasteiger partial charge in [0.05, 0.1) is 26.9 Å². The molecule has 0 unspecified atom stereocenters. The highest BCUT2D eigenvalue weighted by molar-refractivity contribution is 6.30. The molecule has 0 radical (unpaired) electrons. The van der Waals surface area contributed by atoms with Crippen molar-refractivity contribution in [3.05, 3.63) is 58.1 Å². The average molecular weight is 391 g/mol. The van der Waals surface area contributed by atoms with Crippen LogP contribution >= 0.6 is 11.6 Å².